The van der Waals surface area contributed by atoms with Gasteiger partial charge in [-0.25, -0.2) is 0 Å². The SMILES string of the molecule is CCCC(CC[C@@H]1CC[C@@H]2[C@@H](C=C[C@@H](O)COc3cccc(Cl)c3)[C@H](O)C[C@@H]2OC1)C(=O)O. The van der Waals surface area contributed by atoms with Crippen LogP contribution >= 0.6 is 11.6 Å². The first-order chi connectivity index (χ1) is 15.9. The van der Waals surface area contributed by atoms with Crippen LogP contribution in [-0.2, 0) is 9.53 Å². The van der Waals surface area contributed by atoms with Gasteiger partial charge in [0.15, 0.2) is 0 Å². The molecule has 0 radical (unpaired) electrons. The summed E-state index contributed by atoms with van der Waals surface area (Å²) in [5.74, 6) is 0.117. The number of rotatable bonds is 11. The van der Waals surface area contributed by atoms with Gasteiger partial charge < -0.3 is 24.8 Å². The molecular weight excluding hydrogens is 444 g/mol. The number of hydrogen-bond acceptors (Lipinski definition) is 5. The van der Waals surface area contributed by atoms with Gasteiger partial charge in [-0.3, -0.25) is 4.79 Å². The van der Waals surface area contributed by atoms with Gasteiger partial charge in [0.25, 0.3) is 0 Å². The highest BCUT2D eigenvalue weighted by atomic mass is 35.5. The molecule has 6 nitrogen and oxygen atoms in total. The third-order valence-electron chi connectivity index (χ3n) is 7.03. The summed E-state index contributed by atoms with van der Waals surface area (Å²) in [5, 5.41) is 30.9. The van der Waals surface area contributed by atoms with Gasteiger partial charge in [-0.05, 0) is 62.1 Å². The number of carboxylic acids is 1. The Morgan fingerprint density at radius 1 is 1.33 bits per heavy atom. The molecule has 184 valence electrons. The molecule has 0 aromatic heterocycles. The number of carbonyl (C=O) groups is 1. The van der Waals surface area contributed by atoms with E-state index in [2.05, 4.69) is 0 Å². The molecule has 2 fully saturated rings. The summed E-state index contributed by atoms with van der Waals surface area (Å²) in [6, 6.07) is 7.04. The Kier molecular flexibility index (Phi) is 10.0. The normalized spacial score (nSPS) is 29.4. The van der Waals surface area contributed by atoms with E-state index >= 15 is 0 Å². The van der Waals surface area contributed by atoms with Gasteiger partial charge >= 0.3 is 5.97 Å². The van der Waals surface area contributed by atoms with Crippen LogP contribution in [0.15, 0.2) is 36.4 Å². The molecule has 0 amide bonds. The Hall–Kier alpha value is -1.60. The van der Waals surface area contributed by atoms with Crippen LogP contribution in [0.5, 0.6) is 5.75 Å². The highest BCUT2D eigenvalue weighted by molar-refractivity contribution is 6.30. The van der Waals surface area contributed by atoms with Crippen molar-refractivity contribution in [3.8, 4) is 5.75 Å². The van der Waals surface area contributed by atoms with Crippen LogP contribution in [0.2, 0.25) is 5.02 Å². The maximum Gasteiger partial charge on any atom is 0.306 e. The largest absolute Gasteiger partial charge is 0.491 e. The third kappa shape index (κ3) is 7.71. The maximum absolute atomic E-state index is 11.4. The zero-order valence-corrected chi connectivity index (χ0v) is 20.1. The van der Waals surface area contributed by atoms with Crippen molar-refractivity contribution < 1.29 is 29.6 Å². The number of ether oxygens (including phenoxy) is 2. The van der Waals surface area contributed by atoms with Gasteiger partial charge in [0.05, 0.1) is 18.1 Å². The Balaban J connectivity index is 1.50. The zero-order valence-electron chi connectivity index (χ0n) is 19.3. The van der Waals surface area contributed by atoms with Crippen LogP contribution in [0.4, 0.5) is 0 Å². The first-order valence-electron chi connectivity index (χ1n) is 12.1. The molecule has 1 aliphatic carbocycles. The number of benzene rings is 1. The molecule has 1 unspecified atom stereocenters. The summed E-state index contributed by atoms with van der Waals surface area (Å²) in [4.78, 5) is 11.4. The lowest BCUT2D eigenvalue weighted by molar-refractivity contribution is -0.142. The molecule has 0 bridgehead atoms. The van der Waals surface area contributed by atoms with E-state index < -0.39 is 18.2 Å². The molecular formula is C26H37ClO6. The molecule has 7 heteroatoms. The van der Waals surface area contributed by atoms with Crippen molar-refractivity contribution >= 4 is 17.6 Å². The number of carboxylic acid groups (broad SMARTS) is 1. The molecule has 1 heterocycles. The monoisotopic (exact) mass is 480 g/mol. The summed E-state index contributed by atoms with van der Waals surface area (Å²) >= 11 is 5.95. The Labute approximate surface area is 201 Å². The van der Waals surface area contributed by atoms with Crippen LogP contribution in [0, 0.1) is 23.7 Å². The minimum absolute atomic E-state index is 0.00501. The predicted molar refractivity (Wildman–Crippen MR) is 127 cm³/mol. The summed E-state index contributed by atoms with van der Waals surface area (Å²) in [6.07, 6.45) is 7.98. The molecule has 3 rings (SSSR count). The molecule has 1 saturated heterocycles. The fourth-order valence-corrected chi connectivity index (χ4v) is 5.35. The van der Waals surface area contributed by atoms with E-state index in [9.17, 15) is 20.1 Å². The van der Waals surface area contributed by atoms with Gasteiger partial charge in [-0.15, -0.1) is 0 Å². The second-order valence-electron chi connectivity index (χ2n) is 9.48. The number of aliphatic hydroxyl groups is 2. The second kappa shape index (κ2) is 12.7. The standard InChI is InChI=1S/C26H37ClO6/c1-2-4-18(26(30)31)9-7-17-8-11-23-22(24(29)14-25(23)33-15-17)12-10-20(28)16-32-21-6-3-5-19(27)13-21/h3,5-6,10,12-13,17-18,20,22-25,28-29H,2,4,7-9,11,14-16H2,1H3,(H,30,31)/t17-,18?,20-,22-,23-,24-,25+/m1/s1. The molecule has 33 heavy (non-hydrogen) atoms. The minimum Gasteiger partial charge on any atom is -0.491 e. The molecule has 7 atom stereocenters. The lowest BCUT2D eigenvalue weighted by Gasteiger charge is -2.21. The summed E-state index contributed by atoms with van der Waals surface area (Å²) < 4.78 is 11.8. The van der Waals surface area contributed by atoms with E-state index in [1.54, 1.807) is 30.3 Å². The average molecular weight is 481 g/mol. The smallest absolute Gasteiger partial charge is 0.306 e. The molecule has 1 aliphatic heterocycles. The predicted octanol–water partition coefficient (Wildman–Crippen LogP) is 4.71. The molecule has 2 aliphatic rings. The van der Waals surface area contributed by atoms with Crippen molar-refractivity contribution in [2.24, 2.45) is 23.7 Å². The van der Waals surface area contributed by atoms with Crippen molar-refractivity contribution in [2.45, 2.75) is 70.2 Å². The van der Waals surface area contributed by atoms with Crippen LogP contribution in [0.3, 0.4) is 0 Å². The Morgan fingerprint density at radius 3 is 2.88 bits per heavy atom. The van der Waals surface area contributed by atoms with Crippen molar-refractivity contribution in [1.82, 2.24) is 0 Å². The Bertz CT molecular complexity index is 784. The number of aliphatic hydroxyl groups excluding tert-OH is 2. The second-order valence-corrected chi connectivity index (χ2v) is 9.92. The quantitative estimate of drug-likeness (QED) is 0.397. The van der Waals surface area contributed by atoms with Gasteiger partial charge in [0, 0.05) is 24.0 Å². The number of aliphatic carboxylic acids is 1. The fraction of sp³-hybridized carbons (Fsp3) is 0.654. The van der Waals surface area contributed by atoms with Crippen LogP contribution in [0.25, 0.3) is 0 Å². The topological polar surface area (TPSA) is 96.2 Å². The number of fused-ring (bicyclic) bond motifs is 1. The van der Waals surface area contributed by atoms with Crippen molar-refractivity contribution in [2.75, 3.05) is 13.2 Å². The van der Waals surface area contributed by atoms with E-state index in [1.807, 2.05) is 13.0 Å². The zero-order chi connectivity index (χ0) is 23.8. The van der Waals surface area contributed by atoms with Crippen LogP contribution in [-0.4, -0.2) is 52.8 Å². The van der Waals surface area contributed by atoms with Crippen molar-refractivity contribution in [3.05, 3.63) is 41.4 Å². The van der Waals surface area contributed by atoms with Gasteiger partial charge in [0.1, 0.15) is 18.5 Å². The average Bonchev–Trinajstić information content (AvgIpc) is 2.94. The lowest BCUT2D eigenvalue weighted by Crippen LogP contribution is -2.22. The molecule has 3 N–H and O–H groups in total. The maximum atomic E-state index is 11.4. The molecule has 1 saturated carbocycles. The van der Waals surface area contributed by atoms with Crippen molar-refractivity contribution in [3.63, 3.8) is 0 Å². The van der Waals surface area contributed by atoms with Gasteiger partial charge in [0.2, 0.25) is 0 Å². The fourth-order valence-electron chi connectivity index (χ4n) is 5.17. The van der Waals surface area contributed by atoms with Crippen molar-refractivity contribution in [1.29, 1.82) is 0 Å². The summed E-state index contributed by atoms with van der Waals surface area (Å²) in [7, 11) is 0. The summed E-state index contributed by atoms with van der Waals surface area (Å²) in [6.45, 7) is 2.75. The minimum atomic E-state index is -0.791. The van der Waals surface area contributed by atoms with E-state index in [1.165, 1.54) is 0 Å². The molecule has 1 aromatic carbocycles. The highest BCUT2D eigenvalue weighted by Crippen LogP contribution is 2.42. The van der Waals surface area contributed by atoms with E-state index in [0.717, 1.165) is 32.1 Å². The number of halogens is 1. The highest BCUT2D eigenvalue weighted by Gasteiger charge is 2.43. The lowest BCUT2D eigenvalue weighted by atomic mass is 9.85. The van der Waals surface area contributed by atoms with Gasteiger partial charge in [-0.1, -0.05) is 43.2 Å². The molecule has 1 aromatic rings. The van der Waals surface area contributed by atoms with Crippen LogP contribution < -0.4 is 4.74 Å². The summed E-state index contributed by atoms with van der Waals surface area (Å²) in [5.41, 5.74) is 0. The molecule has 0 spiro atoms. The third-order valence-corrected chi connectivity index (χ3v) is 7.26. The van der Waals surface area contributed by atoms with Crippen LogP contribution in [0.1, 0.15) is 51.9 Å². The first kappa shape index (κ1) is 26.0. The Morgan fingerprint density at radius 2 is 2.15 bits per heavy atom. The van der Waals surface area contributed by atoms with Gasteiger partial charge in [-0.2, -0.15) is 0 Å². The first-order valence-corrected chi connectivity index (χ1v) is 12.5. The number of hydrogen-bond donors (Lipinski definition) is 3. The van der Waals surface area contributed by atoms with E-state index in [-0.39, 0.29) is 30.5 Å². The van der Waals surface area contributed by atoms with E-state index in [0.29, 0.717) is 36.1 Å². The van der Waals surface area contributed by atoms with E-state index in [4.69, 9.17) is 21.1 Å².